The number of benzene rings is 1. The molecule has 0 bridgehead atoms. The van der Waals surface area contributed by atoms with Gasteiger partial charge in [-0.3, -0.25) is 14.4 Å². The third kappa shape index (κ3) is 2.77. The summed E-state index contributed by atoms with van der Waals surface area (Å²) in [6, 6.07) is 4.53. The average Bonchev–Trinajstić information content (AvgIpc) is 3.10. The van der Waals surface area contributed by atoms with Gasteiger partial charge in [-0.15, -0.1) is 0 Å². The lowest BCUT2D eigenvalue weighted by molar-refractivity contribution is -0.161. The van der Waals surface area contributed by atoms with E-state index in [2.05, 4.69) is 5.32 Å². The topological polar surface area (TPSA) is 69.7 Å². The highest BCUT2D eigenvalue weighted by molar-refractivity contribution is 5.98. The number of hydrogen-bond acceptors (Lipinski definition) is 3. The van der Waals surface area contributed by atoms with Crippen LogP contribution in [0, 0.1) is 5.82 Å². The van der Waals surface area contributed by atoms with Crippen LogP contribution in [0.15, 0.2) is 24.3 Å². The number of amides is 3. The number of halogens is 1. The molecule has 0 spiro atoms. The first kappa shape index (κ1) is 16.1. The molecule has 4 rings (SSSR count). The van der Waals surface area contributed by atoms with Gasteiger partial charge in [0.05, 0.1) is 0 Å². The summed E-state index contributed by atoms with van der Waals surface area (Å²) in [5, 5.41) is 2.88. The summed E-state index contributed by atoms with van der Waals surface area (Å²) in [7, 11) is 0. The van der Waals surface area contributed by atoms with Gasteiger partial charge in [0.1, 0.15) is 17.9 Å². The minimum atomic E-state index is -0.492. The fraction of sp³-hybridized carbons (Fsp3) is 0.500. The van der Waals surface area contributed by atoms with Crippen LogP contribution in [0.2, 0.25) is 0 Å². The van der Waals surface area contributed by atoms with Crippen LogP contribution in [0.25, 0.3) is 0 Å². The van der Waals surface area contributed by atoms with E-state index in [1.54, 1.807) is 15.9 Å². The Bertz CT molecular complexity index is 738. The highest BCUT2D eigenvalue weighted by atomic mass is 19.1. The molecule has 1 aromatic rings. The van der Waals surface area contributed by atoms with Gasteiger partial charge in [-0.1, -0.05) is 6.07 Å². The predicted molar refractivity (Wildman–Crippen MR) is 87.1 cm³/mol. The predicted octanol–water partition coefficient (Wildman–Crippen LogP) is 0.920. The molecule has 0 radical (unpaired) electrons. The zero-order valence-electron chi connectivity index (χ0n) is 13.8. The molecule has 0 saturated carbocycles. The van der Waals surface area contributed by atoms with Gasteiger partial charge in [0.15, 0.2) is 0 Å². The second kappa shape index (κ2) is 6.13. The summed E-state index contributed by atoms with van der Waals surface area (Å²) in [6.07, 6.45) is 2.62. The number of nitrogens with zero attached hydrogens (tertiary/aromatic N) is 2. The molecule has 3 saturated heterocycles. The van der Waals surface area contributed by atoms with Crippen molar-refractivity contribution in [2.75, 3.05) is 13.1 Å². The maximum absolute atomic E-state index is 13.3. The molecule has 132 valence electrons. The molecule has 1 aromatic carbocycles. The molecule has 0 aromatic heterocycles. The van der Waals surface area contributed by atoms with E-state index in [9.17, 15) is 18.8 Å². The van der Waals surface area contributed by atoms with Crippen molar-refractivity contribution in [2.45, 2.75) is 43.8 Å². The standard InChI is InChI=1S/C18H20FN3O3/c19-12-4-1-3-11(9-12)16(23)20-13-6-8-22-15(10-13)18(25)21-7-2-5-14(21)17(22)24/h1,3-4,9,13-15H,2,5-8,10H2,(H,20,23). The summed E-state index contributed by atoms with van der Waals surface area (Å²) in [5.74, 6) is -0.786. The molecule has 3 fully saturated rings. The van der Waals surface area contributed by atoms with Crippen LogP contribution in [0.5, 0.6) is 0 Å². The lowest BCUT2D eigenvalue weighted by Crippen LogP contribution is -2.66. The second-order valence-electron chi connectivity index (χ2n) is 6.94. The number of nitrogens with one attached hydrogen (secondary N) is 1. The first-order chi connectivity index (χ1) is 12.0. The Labute approximate surface area is 145 Å². The van der Waals surface area contributed by atoms with Gasteiger partial charge in [0.25, 0.3) is 5.91 Å². The number of carbonyl (C=O) groups excluding carboxylic acids is 3. The van der Waals surface area contributed by atoms with Crippen LogP contribution in [0.3, 0.4) is 0 Å². The lowest BCUT2D eigenvalue weighted by Gasteiger charge is -2.46. The van der Waals surface area contributed by atoms with Crippen molar-refractivity contribution in [1.82, 2.24) is 15.1 Å². The van der Waals surface area contributed by atoms with E-state index in [0.29, 0.717) is 25.9 Å². The van der Waals surface area contributed by atoms with E-state index in [0.717, 1.165) is 12.8 Å². The Kier molecular flexibility index (Phi) is 3.94. The lowest BCUT2D eigenvalue weighted by atomic mass is 9.92. The third-order valence-electron chi connectivity index (χ3n) is 5.41. The van der Waals surface area contributed by atoms with Gasteiger partial charge in [0, 0.05) is 24.7 Å². The molecule has 3 aliphatic heterocycles. The first-order valence-electron chi connectivity index (χ1n) is 8.72. The molecule has 3 heterocycles. The highest BCUT2D eigenvalue weighted by Gasteiger charge is 2.49. The van der Waals surface area contributed by atoms with Crippen molar-refractivity contribution in [3.8, 4) is 0 Å². The molecular weight excluding hydrogens is 325 g/mol. The van der Waals surface area contributed by atoms with Crippen molar-refractivity contribution in [3.05, 3.63) is 35.6 Å². The monoisotopic (exact) mass is 345 g/mol. The van der Waals surface area contributed by atoms with Gasteiger partial charge >= 0.3 is 0 Å². The Morgan fingerprint density at radius 3 is 2.64 bits per heavy atom. The SMILES string of the molecule is O=C(NC1CCN2C(=O)C3CCCN3C(=O)C2C1)c1cccc(F)c1. The summed E-state index contributed by atoms with van der Waals surface area (Å²) in [5.41, 5.74) is 0.257. The number of rotatable bonds is 2. The summed E-state index contributed by atoms with van der Waals surface area (Å²) < 4.78 is 13.3. The molecule has 7 heteroatoms. The molecule has 3 unspecified atom stereocenters. The van der Waals surface area contributed by atoms with Gasteiger partial charge in [0.2, 0.25) is 11.8 Å². The molecule has 6 nitrogen and oxygen atoms in total. The van der Waals surface area contributed by atoms with Gasteiger partial charge in [-0.05, 0) is 43.9 Å². The number of fused-ring (bicyclic) bond motifs is 2. The summed E-state index contributed by atoms with van der Waals surface area (Å²) >= 11 is 0. The van der Waals surface area contributed by atoms with E-state index in [-0.39, 0.29) is 35.4 Å². The fourth-order valence-corrected chi connectivity index (χ4v) is 4.16. The van der Waals surface area contributed by atoms with Gasteiger partial charge in [-0.2, -0.15) is 0 Å². The molecule has 3 amide bonds. The number of piperazine rings is 1. The van der Waals surface area contributed by atoms with E-state index in [1.165, 1.54) is 18.2 Å². The molecule has 0 aliphatic carbocycles. The van der Waals surface area contributed by atoms with E-state index >= 15 is 0 Å². The van der Waals surface area contributed by atoms with Crippen molar-refractivity contribution in [1.29, 1.82) is 0 Å². The first-order valence-corrected chi connectivity index (χ1v) is 8.72. The van der Waals surface area contributed by atoms with Crippen LogP contribution in [-0.2, 0) is 9.59 Å². The van der Waals surface area contributed by atoms with Crippen LogP contribution < -0.4 is 5.32 Å². The smallest absolute Gasteiger partial charge is 0.251 e. The molecule has 1 N–H and O–H groups in total. The normalized spacial score (nSPS) is 28.6. The fourth-order valence-electron chi connectivity index (χ4n) is 4.16. The zero-order chi connectivity index (χ0) is 17.6. The Morgan fingerprint density at radius 2 is 1.84 bits per heavy atom. The van der Waals surface area contributed by atoms with E-state index in [4.69, 9.17) is 0 Å². The maximum atomic E-state index is 13.3. The van der Waals surface area contributed by atoms with Gasteiger partial charge in [-0.25, -0.2) is 4.39 Å². The van der Waals surface area contributed by atoms with Crippen LogP contribution in [0.4, 0.5) is 4.39 Å². The quantitative estimate of drug-likeness (QED) is 0.867. The Morgan fingerprint density at radius 1 is 1.08 bits per heavy atom. The zero-order valence-corrected chi connectivity index (χ0v) is 13.8. The van der Waals surface area contributed by atoms with E-state index < -0.39 is 11.9 Å². The molecule has 3 aliphatic rings. The maximum Gasteiger partial charge on any atom is 0.251 e. The second-order valence-corrected chi connectivity index (χ2v) is 6.94. The minimum absolute atomic E-state index is 0.00759. The van der Waals surface area contributed by atoms with E-state index in [1.807, 2.05) is 0 Å². The summed E-state index contributed by atoms with van der Waals surface area (Å²) in [6.45, 7) is 1.10. The van der Waals surface area contributed by atoms with Crippen molar-refractivity contribution >= 4 is 17.7 Å². The third-order valence-corrected chi connectivity index (χ3v) is 5.41. The Hall–Kier alpha value is -2.44. The van der Waals surface area contributed by atoms with Crippen molar-refractivity contribution in [3.63, 3.8) is 0 Å². The van der Waals surface area contributed by atoms with Crippen LogP contribution in [-0.4, -0.2) is 58.7 Å². The largest absolute Gasteiger partial charge is 0.349 e. The molecule has 3 atom stereocenters. The number of piperidine rings is 1. The highest BCUT2D eigenvalue weighted by Crippen LogP contribution is 2.31. The average molecular weight is 345 g/mol. The minimum Gasteiger partial charge on any atom is -0.349 e. The van der Waals surface area contributed by atoms with Gasteiger partial charge < -0.3 is 15.1 Å². The van der Waals surface area contributed by atoms with Crippen LogP contribution >= 0.6 is 0 Å². The molecule has 25 heavy (non-hydrogen) atoms. The van der Waals surface area contributed by atoms with Crippen LogP contribution in [0.1, 0.15) is 36.0 Å². The number of carbonyl (C=O) groups is 3. The molecular formula is C18H20FN3O3. The van der Waals surface area contributed by atoms with Crippen molar-refractivity contribution in [2.24, 2.45) is 0 Å². The number of hydrogen-bond donors (Lipinski definition) is 1. The summed E-state index contributed by atoms with van der Waals surface area (Å²) in [4.78, 5) is 41.0. The van der Waals surface area contributed by atoms with Crippen molar-refractivity contribution < 1.29 is 18.8 Å². The Balaban J connectivity index is 1.46.